The summed E-state index contributed by atoms with van der Waals surface area (Å²) in [6, 6.07) is 1.77. The van der Waals surface area contributed by atoms with Gasteiger partial charge in [-0.2, -0.15) is 13.2 Å². The maximum absolute atomic E-state index is 13.0. The lowest BCUT2D eigenvalue weighted by molar-refractivity contribution is -0.0936. The molecule has 3 unspecified atom stereocenters. The van der Waals surface area contributed by atoms with Crippen LogP contribution in [0.2, 0.25) is 0 Å². The number of aliphatic hydroxyl groups is 1. The molecule has 11 heteroatoms. The molecule has 0 radical (unpaired) electrons. The minimum Gasteiger partial charge on any atom is -0.394 e. The van der Waals surface area contributed by atoms with E-state index >= 15 is 0 Å². The first-order valence-electron chi connectivity index (χ1n) is 8.77. The molecule has 0 amide bonds. The van der Waals surface area contributed by atoms with Crippen LogP contribution in [-0.4, -0.2) is 70.4 Å². The molecule has 0 spiro atoms. The number of hydrogen-bond acceptors (Lipinski definition) is 8. The SMILES string of the molecule is CC1COC(CO)CN1c1ccnc(C2=CNC3C=NC(C(F)(F)F)=CN23)n1. The smallest absolute Gasteiger partial charge is 0.394 e. The third-order valence-electron chi connectivity index (χ3n) is 4.75. The van der Waals surface area contributed by atoms with Gasteiger partial charge in [0.25, 0.3) is 0 Å². The minimum atomic E-state index is -4.54. The van der Waals surface area contributed by atoms with E-state index in [1.807, 2.05) is 11.8 Å². The third kappa shape index (κ3) is 3.42. The van der Waals surface area contributed by atoms with Crippen LogP contribution >= 0.6 is 0 Å². The number of fused-ring (bicyclic) bond motifs is 1. The third-order valence-corrected chi connectivity index (χ3v) is 4.75. The van der Waals surface area contributed by atoms with Gasteiger partial charge < -0.3 is 25.0 Å². The second-order valence-corrected chi connectivity index (χ2v) is 6.72. The number of ether oxygens (including phenoxy) is 1. The number of aromatic nitrogens is 2. The molecule has 3 aliphatic rings. The van der Waals surface area contributed by atoms with Gasteiger partial charge in [0, 0.05) is 31.4 Å². The Kier molecular flexibility index (Phi) is 4.71. The Bertz CT molecular complexity index is 840. The summed E-state index contributed by atoms with van der Waals surface area (Å²) < 4.78 is 44.6. The van der Waals surface area contributed by atoms with Crippen molar-refractivity contribution < 1.29 is 23.0 Å². The molecule has 1 aromatic heterocycles. The zero-order valence-electron chi connectivity index (χ0n) is 15.0. The highest BCUT2D eigenvalue weighted by molar-refractivity contribution is 5.76. The molecule has 0 saturated carbocycles. The molecule has 1 aromatic rings. The van der Waals surface area contributed by atoms with Crippen LogP contribution in [-0.2, 0) is 4.74 Å². The van der Waals surface area contributed by atoms with E-state index in [9.17, 15) is 18.3 Å². The number of morpholine rings is 1. The van der Waals surface area contributed by atoms with Crippen molar-refractivity contribution in [3.05, 3.63) is 36.2 Å². The van der Waals surface area contributed by atoms with Crippen LogP contribution in [0.1, 0.15) is 12.7 Å². The molecular formula is C17H19F3N6O2. The number of alkyl halides is 3. The second kappa shape index (κ2) is 7.06. The van der Waals surface area contributed by atoms with Crippen molar-refractivity contribution in [2.24, 2.45) is 4.99 Å². The van der Waals surface area contributed by atoms with Crippen LogP contribution in [0.25, 0.3) is 5.70 Å². The number of aliphatic imine (C=N–C) groups is 1. The van der Waals surface area contributed by atoms with Gasteiger partial charge in [-0.05, 0) is 13.0 Å². The van der Waals surface area contributed by atoms with E-state index in [2.05, 4.69) is 20.3 Å². The van der Waals surface area contributed by atoms with Crippen LogP contribution in [0.5, 0.6) is 0 Å². The first kappa shape index (κ1) is 18.7. The summed E-state index contributed by atoms with van der Waals surface area (Å²) in [6.45, 7) is 2.77. The van der Waals surface area contributed by atoms with Crippen LogP contribution in [0.15, 0.2) is 35.4 Å². The van der Waals surface area contributed by atoms with E-state index in [1.54, 1.807) is 18.5 Å². The number of aliphatic hydroxyl groups excluding tert-OH is 1. The summed E-state index contributed by atoms with van der Waals surface area (Å²) in [7, 11) is 0. The lowest BCUT2D eigenvalue weighted by Gasteiger charge is -2.38. The number of hydrogen-bond donors (Lipinski definition) is 2. The Balaban J connectivity index is 1.61. The molecule has 0 aromatic carbocycles. The molecule has 3 aliphatic heterocycles. The van der Waals surface area contributed by atoms with Gasteiger partial charge in [-0.15, -0.1) is 0 Å². The molecular weight excluding hydrogens is 377 g/mol. The Hall–Kier alpha value is -2.66. The maximum atomic E-state index is 13.0. The minimum absolute atomic E-state index is 0.0350. The molecule has 3 atom stereocenters. The fourth-order valence-electron chi connectivity index (χ4n) is 3.26. The summed E-state index contributed by atoms with van der Waals surface area (Å²) in [4.78, 5) is 15.7. The van der Waals surface area contributed by atoms with Gasteiger partial charge in [0.1, 0.15) is 17.7 Å². The van der Waals surface area contributed by atoms with Gasteiger partial charge in [0.05, 0.1) is 25.4 Å². The van der Waals surface area contributed by atoms with Crippen molar-refractivity contribution in [1.82, 2.24) is 20.2 Å². The Morgan fingerprint density at radius 2 is 2.21 bits per heavy atom. The predicted molar refractivity (Wildman–Crippen MR) is 95.0 cm³/mol. The quantitative estimate of drug-likeness (QED) is 0.791. The first-order valence-corrected chi connectivity index (χ1v) is 8.77. The molecule has 8 nitrogen and oxygen atoms in total. The second-order valence-electron chi connectivity index (χ2n) is 6.72. The highest BCUT2D eigenvalue weighted by atomic mass is 19.4. The standard InChI is InChI=1S/C17H19F3N6O2/c1-10-9-28-11(8-27)6-25(10)14-2-3-21-16(24-14)12-4-23-15-5-22-13(7-26(12)15)17(18,19)20/h2-5,7,10-11,15,23,27H,6,8-9H2,1H3. The lowest BCUT2D eigenvalue weighted by Crippen LogP contribution is -2.50. The predicted octanol–water partition coefficient (Wildman–Crippen LogP) is 1.08. The monoisotopic (exact) mass is 396 g/mol. The summed E-state index contributed by atoms with van der Waals surface area (Å²) in [5.41, 5.74) is -0.568. The molecule has 4 heterocycles. The van der Waals surface area contributed by atoms with E-state index in [0.29, 0.717) is 30.5 Å². The van der Waals surface area contributed by atoms with E-state index < -0.39 is 18.0 Å². The molecule has 0 bridgehead atoms. The van der Waals surface area contributed by atoms with Gasteiger partial charge in [-0.25, -0.2) is 9.97 Å². The normalized spacial score (nSPS) is 27.2. The topological polar surface area (TPSA) is 86.1 Å². The van der Waals surface area contributed by atoms with Crippen LogP contribution in [0, 0.1) is 0 Å². The summed E-state index contributed by atoms with van der Waals surface area (Å²) in [5, 5.41) is 12.3. The highest BCUT2D eigenvalue weighted by Crippen LogP contribution is 2.33. The summed E-state index contributed by atoms with van der Waals surface area (Å²) in [6.07, 6.45) is -0.0892. The molecule has 28 heavy (non-hydrogen) atoms. The largest absolute Gasteiger partial charge is 0.434 e. The number of allylic oxidation sites excluding steroid dienone is 1. The van der Waals surface area contributed by atoms with Crippen molar-refractivity contribution in [3.63, 3.8) is 0 Å². The molecule has 2 N–H and O–H groups in total. The van der Waals surface area contributed by atoms with Crippen LogP contribution in [0.3, 0.4) is 0 Å². The average Bonchev–Trinajstić information content (AvgIpc) is 3.11. The van der Waals surface area contributed by atoms with Crippen molar-refractivity contribution >= 4 is 17.7 Å². The molecule has 1 saturated heterocycles. The number of rotatable bonds is 3. The zero-order valence-corrected chi connectivity index (χ0v) is 15.0. The van der Waals surface area contributed by atoms with E-state index in [-0.39, 0.29) is 18.8 Å². The summed E-state index contributed by atoms with van der Waals surface area (Å²) in [5.74, 6) is 0.911. The van der Waals surface area contributed by atoms with Crippen LogP contribution in [0.4, 0.5) is 19.0 Å². The van der Waals surface area contributed by atoms with E-state index in [1.165, 1.54) is 11.1 Å². The number of halogens is 3. The van der Waals surface area contributed by atoms with Gasteiger partial charge >= 0.3 is 6.18 Å². The fraction of sp³-hybridized carbons (Fsp3) is 0.471. The number of nitrogens with zero attached hydrogens (tertiary/aromatic N) is 5. The lowest BCUT2D eigenvalue weighted by atomic mass is 10.2. The molecule has 1 fully saturated rings. The van der Waals surface area contributed by atoms with Gasteiger partial charge in [-0.1, -0.05) is 0 Å². The summed E-state index contributed by atoms with van der Waals surface area (Å²) >= 11 is 0. The number of nitrogens with one attached hydrogen (secondary N) is 1. The van der Waals surface area contributed by atoms with Crippen molar-refractivity contribution in [3.8, 4) is 0 Å². The van der Waals surface area contributed by atoms with Crippen LogP contribution < -0.4 is 10.2 Å². The average molecular weight is 396 g/mol. The van der Waals surface area contributed by atoms with Gasteiger partial charge in [0.2, 0.25) is 0 Å². The highest BCUT2D eigenvalue weighted by Gasteiger charge is 2.39. The molecule has 0 aliphatic carbocycles. The van der Waals surface area contributed by atoms with Gasteiger partial charge in [-0.3, -0.25) is 4.99 Å². The Morgan fingerprint density at radius 3 is 2.96 bits per heavy atom. The van der Waals surface area contributed by atoms with E-state index in [4.69, 9.17) is 4.74 Å². The van der Waals surface area contributed by atoms with Gasteiger partial charge in [0.15, 0.2) is 11.5 Å². The maximum Gasteiger partial charge on any atom is 0.434 e. The Morgan fingerprint density at radius 1 is 1.39 bits per heavy atom. The molecule has 150 valence electrons. The number of anilines is 1. The van der Waals surface area contributed by atoms with Crippen molar-refractivity contribution in [2.45, 2.75) is 31.4 Å². The fourth-order valence-corrected chi connectivity index (χ4v) is 3.26. The van der Waals surface area contributed by atoms with Crippen molar-refractivity contribution in [2.75, 3.05) is 24.7 Å². The first-order chi connectivity index (χ1) is 13.4. The Labute approximate surface area is 159 Å². The zero-order chi connectivity index (χ0) is 19.9. The molecule has 4 rings (SSSR count). The van der Waals surface area contributed by atoms with Crippen molar-refractivity contribution in [1.29, 1.82) is 0 Å². The van der Waals surface area contributed by atoms with E-state index in [0.717, 1.165) is 6.20 Å².